The molecule has 0 spiro atoms. The lowest BCUT2D eigenvalue weighted by Gasteiger charge is -2.12. The van der Waals surface area contributed by atoms with E-state index in [-0.39, 0.29) is 28.6 Å². The number of benzene rings is 2. The van der Waals surface area contributed by atoms with Gasteiger partial charge in [-0.05, 0) is 90.1 Å². The molecule has 1 amide bonds. The van der Waals surface area contributed by atoms with Crippen LogP contribution in [0.25, 0.3) is 0 Å². The summed E-state index contributed by atoms with van der Waals surface area (Å²) in [4.78, 5) is 12.4. The van der Waals surface area contributed by atoms with E-state index in [2.05, 4.69) is 37.9 Å². The van der Waals surface area contributed by atoms with Crippen molar-refractivity contribution in [1.82, 2.24) is 10.0 Å². The van der Waals surface area contributed by atoms with E-state index in [1.54, 1.807) is 30.3 Å². The first-order valence-electron chi connectivity index (χ1n) is 8.93. The molecule has 1 saturated heterocycles. The Balaban J connectivity index is 1.55. The maximum atomic E-state index is 12.4. The highest BCUT2D eigenvalue weighted by atomic mass is 127. The van der Waals surface area contributed by atoms with Gasteiger partial charge in [0, 0.05) is 28.0 Å². The molecule has 0 bridgehead atoms. The van der Waals surface area contributed by atoms with E-state index in [1.165, 1.54) is 12.1 Å². The molecule has 2 aromatic carbocycles. The van der Waals surface area contributed by atoms with Crippen molar-refractivity contribution in [2.45, 2.75) is 23.8 Å². The number of sulfonamides is 1. The van der Waals surface area contributed by atoms with Gasteiger partial charge < -0.3 is 10.1 Å². The maximum Gasteiger partial charge on any atom is 0.257 e. The van der Waals surface area contributed by atoms with E-state index < -0.39 is 10.0 Å². The molecular weight excluding hydrogens is 525 g/mol. The van der Waals surface area contributed by atoms with Crippen LogP contribution in [0.15, 0.2) is 53.4 Å². The van der Waals surface area contributed by atoms with Crippen LogP contribution in [0.2, 0.25) is 0 Å². The lowest BCUT2D eigenvalue weighted by Crippen LogP contribution is -2.34. The zero-order valence-corrected chi connectivity index (χ0v) is 19.1. The quantitative estimate of drug-likeness (QED) is 0.382. The summed E-state index contributed by atoms with van der Waals surface area (Å²) in [5.41, 5.74) is 1.07. The summed E-state index contributed by atoms with van der Waals surface area (Å²) < 4.78 is 33.7. The van der Waals surface area contributed by atoms with E-state index in [9.17, 15) is 13.2 Å². The Morgan fingerprint density at radius 3 is 2.62 bits per heavy atom. The summed E-state index contributed by atoms with van der Waals surface area (Å²) in [7, 11) is -3.61. The summed E-state index contributed by atoms with van der Waals surface area (Å²) in [6.45, 7) is 0.934. The Labute approximate surface area is 188 Å². The second-order valence-corrected chi connectivity index (χ2v) is 9.85. The minimum atomic E-state index is -3.61. The van der Waals surface area contributed by atoms with Gasteiger partial charge in [-0.25, -0.2) is 13.1 Å². The fraction of sp³-hybridized carbons (Fsp3) is 0.263. The van der Waals surface area contributed by atoms with Gasteiger partial charge in [-0.15, -0.1) is 0 Å². The van der Waals surface area contributed by atoms with Crippen molar-refractivity contribution in [3.63, 3.8) is 0 Å². The van der Waals surface area contributed by atoms with Crippen molar-refractivity contribution in [1.29, 1.82) is 0 Å². The van der Waals surface area contributed by atoms with Gasteiger partial charge in [-0.2, -0.15) is 0 Å². The highest BCUT2D eigenvalue weighted by molar-refractivity contribution is 14.1. The lowest BCUT2D eigenvalue weighted by molar-refractivity contribution is 0.0977. The van der Waals surface area contributed by atoms with Gasteiger partial charge >= 0.3 is 0 Å². The second kappa shape index (κ2) is 9.94. The lowest BCUT2D eigenvalue weighted by atomic mass is 10.2. The third-order valence-corrected chi connectivity index (χ3v) is 6.58. The van der Waals surface area contributed by atoms with Crippen molar-refractivity contribution in [2.75, 3.05) is 18.5 Å². The van der Waals surface area contributed by atoms with Gasteiger partial charge in [-0.3, -0.25) is 10.1 Å². The molecule has 1 unspecified atom stereocenters. The molecule has 1 heterocycles. The first-order valence-corrected chi connectivity index (χ1v) is 11.9. The Hall–Kier alpha value is -1.60. The van der Waals surface area contributed by atoms with Gasteiger partial charge in [0.1, 0.15) is 0 Å². The molecule has 0 aliphatic carbocycles. The molecule has 7 nitrogen and oxygen atoms in total. The summed E-state index contributed by atoms with van der Waals surface area (Å²) in [6, 6.07) is 13.3. The number of hydrogen-bond acceptors (Lipinski definition) is 5. The Bertz CT molecular complexity index is 991. The van der Waals surface area contributed by atoms with Crippen LogP contribution in [-0.2, 0) is 14.8 Å². The van der Waals surface area contributed by atoms with Crippen molar-refractivity contribution >= 4 is 61.5 Å². The fourth-order valence-electron chi connectivity index (χ4n) is 2.78. The Morgan fingerprint density at radius 1 is 1.21 bits per heavy atom. The molecule has 3 rings (SSSR count). The minimum Gasteiger partial charge on any atom is -0.377 e. The summed E-state index contributed by atoms with van der Waals surface area (Å²) in [5, 5.41) is 5.60. The predicted molar refractivity (Wildman–Crippen MR) is 123 cm³/mol. The maximum absolute atomic E-state index is 12.4. The van der Waals surface area contributed by atoms with Crippen molar-refractivity contribution in [2.24, 2.45) is 0 Å². The van der Waals surface area contributed by atoms with E-state index in [4.69, 9.17) is 17.0 Å². The van der Waals surface area contributed by atoms with Gasteiger partial charge in [0.25, 0.3) is 5.91 Å². The van der Waals surface area contributed by atoms with Crippen molar-refractivity contribution in [3.05, 3.63) is 57.7 Å². The molecule has 154 valence electrons. The molecule has 0 radical (unpaired) electrons. The smallest absolute Gasteiger partial charge is 0.257 e. The van der Waals surface area contributed by atoms with Crippen molar-refractivity contribution < 1.29 is 17.9 Å². The Morgan fingerprint density at radius 2 is 1.97 bits per heavy atom. The largest absolute Gasteiger partial charge is 0.377 e. The fourth-order valence-corrected chi connectivity index (χ4v) is 4.60. The summed E-state index contributed by atoms with van der Waals surface area (Å²) >= 11 is 7.29. The number of hydrogen-bond donors (Lipinski definition) is 3. The first-order chi connectivity index (χ1) is 13.8. The van der Waals surface area contributed by atoms with Gasteiger partial charge in [-0.1, -0.05) is 6.07 Å². The number of rotatable bonds is 6. The minimum absolute atomic E-state index is 0.0698. The molecule has 1 aliphatic heterocycles. The topological polar surface area (TPSA) is 96.5 Å². The molecule has 0 aromatic heterocycles. The van der Waals surface area contributed by atoms with Gasteiger partial charge in [0.05, 0.1) is 11.0 Å². The van der Waals surface area contributed by atoms with Crippen LogP contribution < -0.4 is 15.4 Å². The third-order valence-electron chi connectivity index (χ3n) is 4.26. The highest BCUT2D eigenvalue weighted by Crippen LogP contribution is 2.16. The number of amides is 1. The monoisotopic (exact) mass is 545 g/mol. The molecule has 29 heavy (non-hydrogen) atoms. The molecule has 2 aromatic rings. The number of thiocarbonyl (C=S) groups is 1. The van der Waals surface area contributed by atoms with Crippen LogP contribution >= 0.6 is 34.8 Å². The van der Waals surface area contributed by atoms with E-state index >= 15 is 0 Å². The summed E-state index contributed by atoms with van der Waals surface area (Å²) in [6.07, 6.45) is 1.74. The number of nitrogens with one attached hydrogen (secondary N) is 3. The van der Waals surface area contributed by atoms with Crippen LogP contribution in [0.5, 0.6) is 0 Å². The van der Waals surface area contributed by atoms with Gasteiger partial charge in [0.15, 0.2) is 5.11 Å². The van der Waals surface area contributed by atoms with E-state index in [0.29, 0.717) is 17.9 Å². The third kappa shape index (κ3) is 6.44. The van der Waals surface area contributed by atoms with Crippen molar-refractivity contribution in [3.8, 4) is 0 Å². The average Bonchev–Trinajstić information content (AvgIpc) is 3.20. The molecule has 1 fully saturated rings. The predicted octanol–water partition coefficient (Wildman–Crippen LogP) is 2.88. The number of carbonyl (C=O) groups is 1. The number of carbonyl (C=O) groups excluding carboxylic acids is 1. The molecular formula is C19H20IN3O4S2. The average molecular weight is 545 g/mol. The zero-order chi connectivity index (χ0) is 20.9. The van der Waals surface area contributed by atoms with Crippen LogP contribution in [0.1, 0.15) is 23.2 Å². The van der Waals surface area contributed by atoms with Crippen LogP contribution in [0.4, 0.5) is 5.69 Å². The number of ether oxygens (including phenoxy) is 1. The zero-order valence-electron chi connectivity index (χ0n) is 15.4. The first kappa shape index (κ1) is 22.1. The molecule has 10 heteroatoms. The van der Waals surface area contributed by atoms with E-state index in [0.717, 1.165) is 16.4 Å². The second-order valence-electron chi connectivity index (χ2n) is 6.43. The SMILES string of the molecule is O=C(NC(=S)Nc1ccc(S(=O)(=O)NCC2CCCO2)cc1)c1cccc(I)c1. The van der Waals surface area contributed by atoms with E-state index in [1.807, 2.05) is 6.07 Å². The van der Waals surface area contributed by atoms with Crippen LogP contribution in [0, 0.1) is 3.57 Å². The Kier molecular flexibility index (Phi) is 7.57. The highest BCUT2D eigenvalue weighted by Gasteiger charge is 2.20. The molecule has 0 saturated carbocycles. The number of anilines is 1. The van der Waals surface area contributed by atoms with Gasteiger partial charge in [0.2, 0.25) is 10.0 Å². The molecule has 1 atom stereocenters. The summed E-state index contributed by atoms with van der Waals surface area (Å²) in [5.74, 6) is -0.321. The molecule has 3 N–H and O–H groups in total. The van der Waals surface area contributed by atoms with Crippen LogP contribution in [0.3, 0.4) is 0 Å². The number of halogens is 1. The van der Waals surface area contributed by atoms with Crippen LogP contribution in [-0.4, -0.2) is 38.7 Å². The molecule has 1 aliphatic rings. The normalized spacial score (nSPS) is 16.4. The standard InChI is InChI=1S/C19H20IN3O4S2/c20-14-4-1-3-13(11-14)18(24)23-19(28)22-15-6-8-17(9-7-15)29(25,26)21-12-16-5-2-10-27-16/h1,3-4,6-9,11,16,21H,2,5,10,12H2,(H2,22,23,24,28).